The van der Waals surface area contributed by atoms with E-state index in [1.54, 1.807) is 0 Å². The van der Waals surface area contributed by atoms with Gasteiger partial charge in [0.2, 0.25) is 0 Å². The molecule has 0 saturated carbocycles. The smallest absolute Gasteiger partial charge is 0.192 e. The summed E-state index contributed by atoms with van der Waals surface area (Å²) in [5.41, 5.74) is 8.96. The van der Waals surface area contributed by atoms with E-state index < -0.39 is 0 Å². The third-order valence-electron chi connectivity index (χ3n) is 3.33. The summed E-state index contributed by atoms with van der Waals surface area (Å²) in [4.78, 5) is 15.6. The van der Waals surface area contributed by atoms with Gasteiger partial charge in [-0.1, -0.05) is 12.1 Å². The Hall–Kier alpha value is -1.61. The van der Waals surface area contributed by atoms with Crippen LogP contribution in [0.3, 0.4) is 0 Å². The molecule has 0 radical (unpaired) electrons. The second-order valence-electron chi connectivity index (χ2n) is 4.46. The van der Waals surface area contributed by atoms with Crippen molar-refractivity contribution >= 4 is 10.9 Å². The van der Waals surface area contributed by atoms with E-state index in [9.17, 15) is 4.79 Å². The van der Waals surface area contributed by atoms with E-state index in [1.165, 1.54) is 0 Å². The Labute approximate surface area is 93.3 Å². The summed E-state index contributed by atoms with van der Waals surface area (Å²) in [5, 5.41) is 0.773. The van der Waals surface area contributed by atoms with E-state index in [4.69, 9.17) is 5.73 Å². The van der Waals surface area contributed by atoms with E-state index in [0.717, 1.165) is 35.0 Å². The molecule has 2 aromatic rings. The highest BCUT2D eigenvalue weighted by Gasteiger charge is 2.19. The molecule has 16 heavy (non-hydrogen) atoms. The van der Waals surface area contributed by atoms with E-state index in [2.05, 4.69) is 4.98 Å². The molecule has 1 aromatic heterocycles. The maximum Gasteiger partial charge on any atom is 0.192 e. The number of hydrogen-bond acceptors (Lipinski definition) is 2. The van der Waals surface area contributed by atoms with Crippen LogP contribution >= 0.6 is 0 Å². The van der Waals surface area contributed by atoms with E-state index >= 15 is 0 Å². The lowest BCUT2D eigenvalue weighted by Gasteiger charge is -2.21. The van der Waals surface area contributed by atoms with Crippen molar-refractivity contribution in [3.63, 3.8) is 0 Å². The Bertz CT molecular complexity index is 600. The van der Waals surface area contributed by atoms with Crippen LogP contribution in [0.2, 0.25) is 0 Å². The predicted octanol–water partition coefficient (Wildman–Crippen LogP) is 1.34. The second kappa shape index (κ2) is 3.46. The number of aromatic nitrogens is 1. The minimum absolute atomic E-state index is 0.134. The molecule has 0 amide bonds. The largest absolute Gasteiger partial charge is 0.358 e. The van der Waals surface area contributed by atoms with Crippen molar-refractivity contribution in [1.29, 1.82) is 0 Å². The van der Waals surface area contributed by atoms with Gasteiger partial charge in [0.15, 0.2) is 5.43 Å². The SMILES string of the molecule is NC1CCc2[nH]c3ccccc3c(=O)c2C1. The minimum Gasteiger partial charge on any atom is -0.358 e. The standard InChI is InChI=1S/C13H14N2O/c14-8-5-6-12-10(7-8)13(16)9-3-1-2-4-11(9)15-12/h1-4,8H,5-7,14H2,(H,15,16). The zero-order valence-corrected chi connectivity index (χ0v) is 8.99. The summed E-state index contributed by atoms with van der Waals surface area (Å²) < 4.78 is 0. The van der Waals surface area contributed by atoms with Gasteiger partial charge in [-0.05, 0) is 31.4 Å². The zero-order valence-electron chi connectivity index (χ0n) is 8.99. The van der Waals surface area contributed by atoms with Crippen molar-refractivity contribution in [2.75, 3.05) is 0 Å². The summed E-state index contributed by atoms with van der Waals surface area (Å²) in [7, 11) is 0. The highest BCUT2D eigenvalue weighted by Crippen LogP contribution is 2.19. The van der Waals surface area contributed by atoms with E-state index in [-0.39, 0.29) is 11.5 Å². The molecule has 0 fully saturated rings. The number of aromatic amines is 1. The third kappa shape index (κ3) is 1.36. The van der Waals surface area contributed by atoms with Gasteiger partial charge in [0.05, 0.1) is 0 Å². The summed E-state index contributed by atoms with van der Waals surface area (Å²) in [6, 6.07) is 7.79. The molecule has 1 unspecified atom stereocenters. The van der Waals surface area contributed by atoms with Crippen molar-refractivity contribution in [3.8, 4) is 0 Å². The van der Waals surface area contributed by atoms with E-state index in [1.807, 2.05) is 24.3 Å². The van der Waals surface area contributed by atoms with Gasteiger partial charge in [0, 0.05) is 28.2 Å². The molecule has 3 heteroatoms. The van der Waals surface area contributed by atoms with Crippen molar-refractivity contribution < 1.29 is 0 Å². The monoisotopic (exact) mass is 214 g/mol. The fourth-order valence-corrected chi connectivity index (χ4v) is 2.45. The van der Waals surface area contributed by atoms with Crippen LogP contribution in [0.1, 0.15) is 17.7 Å². The molecule has 1 heterocycles. The second-order valence-corrected chi connectivity index (χ2v) is 4.46. The molecule has 1 aliphatic rings. The summed E-state index contributed by atoms with van der Waals surface area (Å²) in [5.74, 6) is 0. The number of benzene rings is 1. The molecule has 0 aliphatic heterocycles. The van der Waals surface area contributed by atoms with Crippen LogP contribution in [0.4, 0.5) is 0 Å². The Morgan fingerprint density at radius 3 is 3.00 bits per heavy atom. The Kier molecular flexibility index (Phi) is 2.07. The summed E-state index contributed by atoms with van der Waals surface area (Å²) in [6.07, 6.45) is 2.55. The summed E-state index contributed by atoms with van der Waals surface area (Å²) in [6.45, 7) is 0. The summed E-state index contributed by atoms with van der Waals surface area (Å²) >= 11 is 0. The first kappa shape index (κ1) is 9.60. The molecular formula is C13H14N2O. The first-order valence-corrected chi connectivity index (χ1v) is 5.64. The molecule has 0 bridgehead atoms. The molecule has 3 rings (SSSR count). The van der Waals surface area contributed by atoms with Crippen molar-refractivity contribution in [1.82, 2.24) is 4.98 Å². The van der Waals surface area contributed by atoms with Gasteiger partial charge in [-0.2, -0.15) is 0 Å². The lowest BCUT2D eigenvalue weighted by Crippen LogP contribution is -2.32. The highest BCUT2D eigenvalue weighted by molar-refractivity contribution is 5.79. The van der Waals surface area contributed by atoms with Gasteiger partial charge in [-0.3, -0.25) is 4.79 Å². The molecule has 1 aromatic carbocycles. The van der Waals surface area contributed by atoms with Gasteiger partial charge in [0.1, 0.15) is 0 Å². The van der Waals surface area contributed by atoms with Gasteiger partial charge in [0.25, 0.3) is 0 Å². The number of nitrogens with one attached hydrogen (secondary N) is 1. The van der Waals surface area contributed by atoms with E-state index in [0.29, 0.717) is 6.42 Å². The van der Waals surface area contributed by atoms with Gasteiger partial charge >= 0.3 is 0 Å². The molecule has 0 saturated heterocycles. The molecular weight excluding hydrogens is 200 g/mol. The first-order chi connectivity index (χ1) is 7.75. The zero-order chi connectivity index (χ0) is 11.1. The van der Waals surface area contributed by atoms with Crippen LogP contribution in [0, 0.1) is 0 Å². The molecule has 82 valence electrons. The number of rotatable bonds is 0. The van der Waals surface area contributed by atoms with Gasteiger partial charge < -0.3 is 10.7 Å². The first-order valence-electron chi connectivity index (χ1n) is 5.64. The Morgan fingerprint density at radius 1 is 1.31 bits per heavy atom. The molecule has 1 aliphatic carbocycles. The minimum atomic E-state index is 0.134. The molecule has 3 N–H and O–H groups in total. The lowest BCUT2D eigenvalue weighted by molar-refractivity contribution is 0.566. The van der Waals surface area contributed by atoms with Crippen molar-refractivity contribution in [2.24, 2.45) is 5.73 Å². The van der Waals surface area contributed by atoms with Crippen LogP contribution in [0.5, 0.6) is 0 Å². The molecule has 0 spiro atoms. The number of nitrogens with two attached hydrogens (primary N) is 1. The number of para-hydroxylation sites is 1. The fourth-order valence-electron chi connectivity index (χ4n) is 2.45. The Balaban J connectivity index is 2.34. The van der Waals surface area contributed by atoms with Crippen LogP contribution in [-0.2, 0) is 12.8 Å². The third-order valence-corrected chi connectivity index (χ3v) is 3.33. The van der Waals surface area contributed by atoms with Crippen LogP contribution in [0.15, 0.2) is 29.1 Å². The number of pyridine rings is 1. The average molecular weight is 214 g/mol. The maximum atomic E-state index is 12.2. The van der Waals surface area contributed by atoms with Gasteiger partial charge in [-0.25, -0.2) is 0 Å². The quantitative estimate of drug-likeness (QED) is 0.695. The van der Waals surface area contributed by atoms with Crippen LogP contribution < -0.4 is 11.2 Å². The fraction of sp³-hybridized carbons (Fsp3) is 0.308. The lowest BCUT2D eigenvalue weighted by atomic mass is 9.91. The maximum absolute atomic E-state index is 12.2. The molecule has 3 nitrogen and oxygen atoms in total. The van der Waals surface area contributed by atoms with Crippen molar-refractivity contribution in [3.05, 3.63) is 45.7 Å². The highest BCUT2D eigenvalue weighted by atomic mass is 16.1. The van der Waals surface area contributed by atoms with Crippen LogP contribution in [-0.4, -0.2) is 11.0 Å². The van der Waals surface area contributed by atoms with Crippen molar-refractivity contribution in [2.45, 2.75) is 25.3 Å². The average Bonchev–Trinajstić information content (AvgIpc) is 2.31. The number of hydrogen-bond donors (Lipinski definition) is 2. The molecule has 1 atom stereocenters. The Morgan fingerprint density at radius 2 is 2.12 bits per heavy atom. The van der Waals surface area contributed by atoms with Gasteiger partial charge in [-0.15, -0.1) is 0 Å². The number of aryl methyl sites for hydroxylation is 1. The predicted molar refractivity (Wildman–Crippen MR) is 64.6 cm³/mol. The van der Waals surface area contributed by atoms with Crippen LogP contribution in [0.25, 0.3) is 10.9 Å². The topological polar surface area (TPSA) is 58.9 Å². The number of fused-ring (bicyclic) bond motifs is 2. The normalized spacial score (nSPS) is 19.7. The number of H-pyrrole nitrogens is 1.